The van der Waals surface area contributed by atoms with Gasteiger partial charge in [0.15, 0.2) is 0 Å². The summed E-state index contributed by atoms with van der Waals surface area (Å²) in [4.78, 5) is 10.5. The molecule has 5 heteroatoms. The minimum atomic E-state index is -0.0255. The van der Waals surface area contributed by atoms with E-state index in [2.05, 4.69) is 4.74 Å². The molecule has 15 heavy (non-hydrogen) atoms. The molecule has 1 rings (SSSR count). The lowest BCUT2D eigenvalue weighted by molar-refractivity contribution is -0.142. The highest BCUT2D eigenvalue weighted by Gasteiger charge is 2.05. The summed E-state index contributed by atoms with van der Waals surface area (Å²) in [6.07, 6.45) is 3.83. The van der Waals surface area contributed by atoms with Gasteiger partial charge in [-0.3, -0.25) is 4.79 Å². The van der Waals surface area contributed by atoms with Crippen LogP contribution in [0.3, 0.4) is 0 Å². The van der Waals surface area contributed by atoms with Crippen LogP contribution in [0.25, 0.3) is 0 Å². The average Bonchev–Trinajstić information content (AvgIpc) is 2.48. The zero-order valence-corrected chi connectivity index (χ0v) is 8.98. The quantitative estimate of drug-likeness (QED) is 0.519. The van der Waals surface area contributed by atoms with Crippen molar-refractivity contribution in [2.75, 3.05) is 33.0 Å². The predicted molar refractivity (Wildman–Crippen MR) is 54.4 cm³/mol. The first-order valence-electron chi connectivity index (χ1n) is 5.26. The fourth-order valence-electron chi connectivity index (χ4n) is 1.04. The van der Waals surface area contributed by atoms with Crippen molar-refractivity contribution >= 4 is 5.97 Å². The maximum Gasteiger partial charge on any atom is 0.305 e. The fourth-order valence-corrected chi connectivity index (χ4v) is 1.04. The number of carbonyl (C=O) groups is 1. The van der Waals surface area contributed by atoms with Gasteiger partial charge in [-0.1, -0.05) is 0 Å². The van der Waals surface area contributed by atoms with Crippen LogP contribution in [0, 0.1) is 0 Å². The molecular formula is C10H20O5. The van der Waals surface area contributed by atoms with Crippen molar-refractivity contribution in [2.45, 2.75) is 25.7 Å². The van der Waals surface area contributed by atoms with E-state index in [1.54, 1.807) is 0 Å². The first kappa shape index (κ1) is 14.3. The second-order valence-corrected chi connectivity index (χ2v) is 3.09. The van der Waals surface area contributed by atoms with Crippen molar-refractivity contribution in [3.05, 3.63) is 0 Å². The number of carbonyl (C=O) groups excluding carboxylic acids is 1. The van der Waals surface area contributed by atoms with E-state index in [0.717, 1.165) is 19.3 Å². The smallest absolute Gasteiger partial charge is 0.305 e. The molecule has 1 aliphatic rings. The predicted octanol–water partition coefficient (Wildman–Crippen LogP) is 0.0912. The monoisotopic (exact) mass is 220 g/mol. The summed E-state index contributed by atoms with van der Waals surface area (Å²) in [6.45, 7) is 1.33. The molecule has 0 atom stereocenters. The van der Waals surface area contributed by atoms with Crippen LogP contribution in [0.15, 0.2) is 0 Å². The number of hydrogen-bond acceptors (Lipinski definition) is 5. The van der Waals surface area contributed by atoms with Gasteiger partial charge in [0, 0.05) is 6.42 Å². The summed E-state index contributed by atoms with van der Waals surface area (Å²) < 4.78 is 9.40. The van der Waals surface area contributed by atoms with Crippen LogP contribution in [-0.4, -0.2) is 49.2 Å². The zero-order chi connectivity index (χ0) is 11.4. The van der Waals surface area contributed by atoms with Crippen molar-refractivity contribution in [1.29, 1.82) is 0 Å². The van der Waals surface area contributed by atoms with Gasteiger partial charge in [-0.2, -0.15) is 0 Å². The largest absolute Gasteiger partial charge is 0.466 e. The Labute approximate surface area is 90.0 Å². The van der Waals surface area contributed by atoms with E-state index in [1.165, 1.54) is 0 Å². The second-order valence-electron chi connectivity index (χ2n) is 3.09. The third-order valence-electron chi connectivity index (χ3n) is 1.76. The summed E-state index contributed by atoms with van der Waals surface area (Å²) in [5, 5.41) is 16.2. The topological polar surface area (TPSA) is 76.0 Å². The van der Waals surface area contributed by atoms with Crippen LogP contribution in [-0.2, 0) is 14.3 Å². The maximum absolute atomic E-state index is 10.5. The molecule has 90 valence electrons. The van der Waals surface area contributed by atoms with E-state index in [1.807, 2.05) is 0 Å². The molecule has 0 unspecified atom stereocenters. The molecule has 1 fully saturated rings. The Morgan fingerprint density at radius 3 is 2.40 bits per heavy atom. The number of ether oxygens (including phenoxy) is 2. The Morgan fingerprint density at radius 2 is 1.80 bits per heavy atom. The maximum atomic E-state index is 10.5. The molecule has 0 bridgehead atoms. The van der Waals surface area contributed by atoms with Crippen LogP contribution >= 0.6 is 0 Å². The molecule has 5 nitrogen and oxygen atoms in total. The van der Waals surface area contributed by atoms with Gasteiger partial charge in [0.05, 0.1) is 33.0 Å². The first-order valence-corrected chi connectivity index (χ1v) is 5.26. The van der Waals surface area contributed by atoms with E-state index < -0.39 is 0 Å². The van der Waals surface area contributed by atoms with Crippen molar-refractivity contribution in [1.82, 2.24) is 0 Å². The standard InChI is InChI=1S/C6H10O2.C4H10O3/c7-6-4-2-1-3-5-8-6;5-1-3-7-4-2-6/h1-5H2;5-6H,1-4H2. The third kappa shape index (κ3) is 11.3. The highest BCUT2D eigenvalue weighted by Crippen LogP contribution is 2.06. The zero-order valence-electron chi connectivity index (χ0n) is 8.98. The second kappa shape index (κ2) is 11.4. The minimum absolute atomic E-state index is 0.0255. The van der Waals surface area contributed by atoms with Gasteiger partial charge in [0.25, 0.3) is 0 Å². The summed E-state index contributed by atoms with van der Waals surface area (Å²) in [5.74, 6) is -0.0255. The Morgan fingerprint density at radius 1 is 1.13 bits per heavy atom. The van der Waals surface area contributed by atoms with E-state index in [9.17, 15) is 4.79 Å². The lowest BCUT2D eigenvalue weighted by Crippen LogP contribution is -2.03. The first-order chi connectivity index (χ1) is 7.31. The molecule has 0 aromatic carbocycles. The SMILES string of the molecule is O=C1CCCCCO1.OCCOCCO. The lowest BCUT2D eigenvalue weighted by Gasteiger charge is -1.94. The Kier molecular flexibility index (Phi) is 10.9. The molecule has 2 N–H and O–H groups in total. The summed E-state index contributed by atoms with van der Waals surface area (Å²) in [5.41, 5.74) is 0. The van der Waals surface area contributed by atoms with E-state index >= 15 is 0 Å². The number of aliphatic hydroxyl groups is 2. The Hall–Kier alpha value is -0.650. The van der Waals surface area contributed by atoms with Gasteiger partial charge < -0.3 is 19.7 Å². The molecule has 1 saturated heterocycles. The van der Waals surface area contributed by atoms with E-state index in [4.69, 9.17) is 14.9 Å². The van der Waals surface area contributed by atoms with Gasteiger partial charge >= 0.3 is 5.97 Å². The van der Waals surface area contributed by atoms with E-state index in [0.29, 0.717) is 26.2 Å². The van der Waals surface area contributed by atoms with Gasteiger partial charge in [-0.15, -0.1) is 0 Å². The number of esters is 1. The summed E-state index contributed by atoms with van der Waals surface area (Å²) in [7, 11) is 0. The summed E-state index contributed by atoms with van der Waals surface area (Å²) in [6, 6.07) is 0. The molecule has 0 radical (unpaired) electrons. The van der Waals surface area contributed by atoms with Gasteiger partial charge in [0.2, 0.25) is 0 Å². The highest BCUT2D eigenvalue weighted by molar-refractivity contribution is 5.69. The van der Waals surface area contributed by atoms with E-state index in [-0.39, 0.29) is 19.2 Å². The number of aliphatic hydroxyl groups excluding tert-OH is 2. The van der Waals surface area contributed by atoms with Crippen molar-refractivity contribution < 1.29 is 24.5 Å². The van der Waals surface area contributed by atoms with Crippen LogP contribution in [0.2, 0.25) is 0 Å². The van der Waals surface area contributed by atoms with Crippen molar-refractivity contribution in [3.63, 3.8) is 0 Å². The van der Waals surface area contributed by atoms with Crippen LogP contribution in [0.1, 0.15) is 25.7 Å². The molecule has 1 aliphatic heterocycles. The highest BCUT2D eigenvalue weighted by atomic mass is 16.5. The fraction of sp³-hybridized carbons (Fsp3) is 0.900. The molecule has 0 aliphatic carbocycles. The Balaban J connectivity index is 0.000000265. The molecule has 0 aromatic rings. The Bertz CT molecular complexity index is 135. The molecular weight excluding hydrogens is 200 g/mol. The number of hydrogen-bond donors (Lipinski definition) is 2. The minimum Gasteiger partial charge on any atom is -0.466 e. The van der Waals surface area contributed by atoms with Gasteiger partial charge in [0.1, 0.15) is 0 Å². The third-order valence-corrected chi connectivity index (χ3v) is 1.76. The van der Waals surface area contributed by atoms with Crippen LogP contribution in [0.4, 0.5) is 0 Å². The normalized spacial score (nSPS) is 16.0. The van der Waals surface area contributed by atoms with Gasteiger partial charge in [-0.25, -0.2) is 0 Å². The van der Waals surface area contributed by atoms with Crippen molar-refractivity contribution in [3.8, 4) is 0 Å². The molecule has 0 saturated carbocycles. The summed E-state index contributed by atoms with van der Waals surface area (Å²) >= 11 is 0. The van der Waals surface area contributed by atoms with Gasteiger partial charge in [-0.05, 0) is 19.3 Å². The van der Waals surface area contributed by atoms with Crippen LogP contribution in [0.5, 0.6) is 0 Å². The number of rotatable bonds is 4. The molecule has 1 heterocycles. The molecule has 0 amide bonds. The van der Waals surface area contributed by atoms with Crippen molar-refractivity contribution in [2.24, 2.45) is 0 Å². The lowest BCUT2D eigenvalue weighted by atomic mass is 10.2. The molecule has 0 aromatic heterocycles. The number of cyclic esters (lactones) is 1. The molecule has 0 spiro atoms. The average molecular weight is 220 g/mol. The van der Waals surface area contributed by atoms with Crippen LogP contribution < -0.4 is 0 Å².